The van der Waals surface area contributed by atoms with Crippen molar-refractivity contribution in [3.8, 4) is 0 Å². The van der Waals surface area contributed by atoms with Crippen LogP contribution in [0.15, 0.2) is 0 Å². The lowest BCUT2D eigenvalue weighted by molar-refractivity contribution is 0.573. The zero-order chi connectivity index (χ0) is 13.2. The van der Waals surface area contributed by atoms with Crippen molar-refractivity contribution in [3.05, 3.63) is 16.4 Å². The number of hydrogen-bond acceptors (Lipinski definition) is 4. The van der Waals surface area contributed by atoms with E-state index in [-0.39, 0.29) is 17.4 Å². The smallest absolute Gasteiger partial charge is 0.154 e. The number of nitrogens with zero attached hydrogens (tertiary/aromatic N) is 2. The Balaban J connectivity index is 2.91. The molecule has 98 valence electrons. The molecule has 5 nitrogen and oxygen atoms in total. The van der Waals surface area contributed by atoms with Crippen LogP contribution in [0.4, 0.5) is 0 Å². The highest BCUT2D eigenvalue weighted by Crippen LogP contribution is 2.22. The minimum absolute atomic E-state index is 0.0456. The average Bonchev–Trinajstić information content (AvgIpc) is 2.44. The van der Waals surface area contributed by atoms with Crippen molar-refractivity contribution < 1.29 is 8.42 Å². The molecule has 1 atom stereocenters. The normalized spacial score (nSPS) is 13.9. The molecule has 0 fully saturated rings. The molecule has 0 saturated carbocycles. The predicted octanol–water partition coefficient (Wildman–Crippen LogP) is 0.892. The molecular formula is C10H18ClN3O2S. The van der Waals surface area contributed by atoms with E-state index in [2.05, 4.69) is 5.10 Å². The quantitative estimate of drug-likeness (QED) is 0.868. The molecule has 0 saturated heterocycles. The van der Waals surface area contributed by atoms with Crippen molar-refractivity contribution in [2.24, 2.45) is 18.7 Å². The Morgan fingerprint density at radius 1 is 1.53 bits per heavy atom. The number of rotatable bonds is 5. The molecule has 2 N–H and O–H groups in total. The van der Waals surface area contributed by atoms with Crippen molar-refractivity contribution >= 4 is 21.4 Å². The first kappa shape index (κ1) is 14.5. The Bertz CT molecular complexity index is 496. The van der Waals surface area contributed by atoms with E-state index in [1.54, 1.807) is 14.0 Å². The van der Waals surface area contributed by atoms with E-state index < -0.39 is 9.84 Å². The van der Waals surface area contributed by atoms with Crippen LogP contribution in [0.2, 0.25) is 5.15 Å². The maximum Gasteiger partial charge on any atom is 0.154 e. The molecule has 1 aromatic heterocycles. The summed E-state index contributed by atoms with van der Waals surface area (Å²) in [5.74, 6) is -0.0416. The monoisotopic (exact) mass is 279 g/mol. The topological polar surface area (TPSA) is 78.0 Å². The third kappa shape index (κ3) is 3.69. The molecule has 0 aliphatic rings. The third-order valence-electron chi connectivity index (χ3n) is 2.57. The minimum Gasteiger partial charge on any atom is -0.330 e. The van der Waals surface area contributed by atoms with Gasteiger partial charge in [0, 0.05) is 12.6 Å². The first-order chi connectivity index (χ1) is 7.76. The maximum absolute atomic E-state index is 11.9. The molecule has 0 radical (unpaired) electrons. The Morgan fingerprint density at radius 3 is 2.53 bits per heavy atom. The Morgan fingerprint density at radius 2 is 2.12 bits per heavy atom. The van der Waals surface area contributed by atoms with Gasteiger partial charge in [-0.3, -0.25) is 4.68 Å². The summed E-state index contributed by atoms with van der Waals surface area (Å²) in [6.45, 7) is 3.93. The van der Waals surface area contributed by atoms with Gasteiger partial charge in [0.1, 0.15) is 5.15 Å². The summed E-state index contributed by atoms with van der Waals surface area (Å²) in [6.07, 6.45) is 0. The van der Waals surface area contributed by atoms with Gasteiger partial charge in [-0.25, -0.2) is 8.42 Å². The van der Waals surface area contributed by atoms with E-state index >= 15 is 0 Å². The summed E-state index contributed by atoms with van der Waals surface area (Å²) in [4.78, 5) is 0. The standard InChI is InChI=1S/C10H18ClN3O2S/c1-7(4-12)5-17(15,16)6-9-8(2)13-14(3)10(9)11/h7H,4-6,12H2,1-3H3. The lowest BCUT2D eigenvalue weighted by Crippen LogP contribution is -2.22. The van der Waals surface area contributed by atoms with Gasteiger partial charge in [0.2, 0.25) is 0 Å². The van der Waals surface area contributed by atoms with Gasteiger partial charge in [-0.2, -0.15) is 5.10 Å². The molecule has 0 bridgehead atoms. The third-order valence-corrected chi connectivity index (χ3v) is 4.85. The number of aryl methyl sites for hydroxylation is 2. The number of nitrogens with two attached hydrogens (primary N) is 1. The highest BCUT2D eigenvalue weighted by atomic mass is 35.5. The van der Waals surface area contributed by atoms with Crippen molar-refractivity contribution in [3.63, 3.8) is 0 Å². The fourth-order valence-electron chi connectivity index (χ4n) is 1.62. The minimum atomic E-state index is -3.20. The van der Waals surface area contributed by atoms with Gasteiger partial charge in [-0.05, 0) is 19.4 Å². The molecule has 17 heavy (non-hydrogen) atoms. The van der Waals surface area contributed by atoms with Gasteiger partial charge >= 0.3 is 0 Å². The second kappa shape index (κ2) is 5.37. The van der Waals surface area contributed by atoms with Crippen molar-refractivity contribution in [1.82, 2.24) is 9.78 Å². The maximum atomic E-state index is 11.9. The molecule has 0 aromatic carbocycles. The highest BCUT2D eigenvalue weighted by Gasteiger charge is 2.21. The van der Waals surface area contributed by atoms with E-state index in [0.29, 0.717) is 23.0 Å². The van der Waals surface area contributed by atoms with Crippen LogP contribution in [0.1, 0.15) is 18.2 Å². The number of sulfone groups is 1. The molecular weight excluding hydrogens is 262 g/mol. The van der Waals surface area contributed by atoms with E-state index in [0.717, 1.165) is 0 Å². The fourth-order valence-corrected chi connectivity index (χ4v) is 3.85. The SMILES string of the molecule is Cc1nn(C)c(Cl)c1CS(=O)(=O)CC(C)CN. The van der Waals surface area contributed by atoms with Gasteiger partial charge in [-0.1, -0.05) is 18.5 Å². The lowest BCUT2D eigenvalue weighted by atomic mass is 10.2. The van der Waals surface area contributed by atoms with E-state index in [1.807, 2.05) is 6.92 Å². The summed E-state index contributed by atoms with van der Waals surface area (Å²) in [5, 5.41) is 4.47. The number of halogens is 1. The summed E-state index contributed by atoms with van der Waals surface area (Å²) in [5.41, 5.74) is 6.67. The van der Waals surface area contributed by atoms with Crippen LogP contribution in [0.25, 0.3) is 0 Å². The molecule has 1 aromatic rings. The fraction of sp³-hybridized carbons (Fsp3) is 0.700. The number of aromatic nitrogens is 2. The second-order valence-corrected chi connectivity index (χ2v) is 6.84. The lowest BCUT2D eigenvalue weighted by Gasteiger charge is -2.09. The van der Waals surface area contributed by atoms with E-state index in [9.17, 15) is 8.42 Å². The highest BCUT2D eigenvalue weighted by molar-refractivity contribution is 7.90. The Kier molecular flexibility index (Phi) is 4.57. The average molecular weight is 280 g/mol. The summed E-state index contributed by atoms with van der Waals surface area (Å²) in [6, 6.07) is 0. The zero-order valence-corrected chi connectivity index (χ0v) is 11.8. The van der Waals surface area contributed by atoms with Gasteiger partial charge in [0.05, 0.1) is 17.2 Å². The first-order valence-corrected chi connectivity index (χ1v) is 7.55. The zero-order valence-electron chi connectivity index (χ0n) is 10.3. The molecule has 0 aliphatic carbocycles. The molecule has 1 rings (SSSR count). The Hall–Kier alpha value is -0.590. The first-order valence-electron chi connectivity index (χ1n) is 5.35. The summed E-state index contributed by atoms with van der Waals surface area (Å²) < 4.78 is 25.3. The van der Waals surface area contributed by atoms with Gasteiger partial charge in [0.15, 0.2) is 9.84 Å². The molecule has 0 amide bonds. The molecule has 0 aliphatic heterocycles. The van der Waals surface area contributed by atoms with Crippen LogP contribution in [-0.4, -0.2) is 30.5 Å². The van der Waals surface area contributed by atoms with Gasteiger partial charge in [-0.15, -0.1) is 0 Å². The summed E-state index contributed by atoms with van der Waals surface area (Å²) >= 11 is 6.00. The van der Waals surface area contributed by atoms with Crippen molar-refractivity contribution in [2.75, 3.05) is 12.3 Å². The van der Waals surface area contributed by atoms with Crippen LogP contribution in [0, 0.1) is 12.8 Å². The number of hydrogen-bond donors (Lipinski definition) is 1. The predicted molar refractivity (Wildman–Crippen MR) is 68.7 cm³/mol. The van der Waals surface area contributed by atoms with Gasteiger partial charge < -0.3 is 5.73 Å². The van der Waals surface area contributed by atoms with E-state index in [4.69, 9.17) is 17.3 Å². The summed E-state index contributed by atoms with van der Waals surface area (Å²) in [7, 11) is -1.51. The van der Waals surface area contributed by atoms with Crippen molar-refractivity contribution in [1.29, 1.82) is 0 Å². The van der Waals surface area contributed by atoms with Crippen LogP contribution in [0.3, 0.4) is 0 Å². The van der Waals surface area contributed by atoms with Crippen LogP contribution < -0.4 is 5.73 Å². The van der Waals surface area contributed by atoms with Crippen LogP contribution >= 0.6 is 11.6 Å². The second-order valence-electron chi connectivity index (χ2n) is 4.37. The molecule has 7 heteroatoms. The van der Waals surface area contributed by atoms with Crippen LogP contribution in [0.5, 0.6) is 0 Å². The van der Waals surface area contributed by atoms with Crippen LogP contribution in [-0.2, 0) is 22.6 Å². The van der Waals surface area contributed by atoms with Gasteiger partial charge in [0.25, 0.3) is 0 Å². The molecule has 1 unspecified atom stereocenters. The molecule has 1 heterocycles. The largest absolute Gasteiger partial charge is 0.330 e. The van der Waals surface area contributed by atoms with E-state index in [1.165, 1.54) is 4.68 Å². The van der Waals surface area contributed by atoms with Crippen molar-refractivity contribution in [2.45, 2.75) is 19.6 Å². The Labute approximate surface area is 107 Å². The molecule has 0 spiro atoms.